The molecule has 0 aromatic heterocycles. The number of halogens is 1. The first-order valence-corrected chi connectivity index (χ1v) is 11.9. The van der Waals surface area contributed by atoms with E-state index in [1.54, 1.807) is 67.6 Å². The highest BCUT2D eigenvalue weighted by molar-refractivity contribution is 7.80. The van der Waals surface area contributed by atoms with Gasteiger partial charge >= 0.3 is 5.97 Å². The van der Waals surface area contributed by atoms with Crippen LogP contribution in [0.3, 0.4) is 0 Å². The first-order valence-electron chi connectivity index (χ1n) is 11.1. The molecule has 0 bridgehead atoms. The lowest BCUT2D eigenvalue weighted by Crippen LogP contribution is -2.19. The van der Waals surface area contributed by atoms with Gasteiger partial charge in [-0.1, -0.05) is 17.7 Å². The first kappa shape index (κ1) is 27.6. The molecular weight excluding hydrogens is 518 g/mol. The zero-order valence-corrected chi connectivity index (χ0v) is 22.0. The van der Waals surface area contributed by atoms with Crippen molar-refractivity contribution in [3.8, 4) is 17.2 Å². The Labute approximate surface area is 225 Å². The molecule has 9 nitrogen and oxygen atoms in total. The largest absolute Gasteiger partial charge is 0.495 e. The number of anilines is 3. The zero-order chi connectivity index (χ0) is 26.8. The maximum absolute atomic E-state index is 12.7. The molecule has 3 aromatic carbocycles. The minimum atomic E-state index is -0.479. The molecule has 0 saturated carbocycles. The molecule has 0 heterocycles. The summed E-state index contributed by atoms with van der Waals surface area (Å²) in [6, 6.07) is 16.8. The Morgan fingerprint density at radius 2 is 1.57 bits per heavy atom. The van der Waals surface area contributed by atoms with Gasteiger partial charge in [-0.2, -0.15) is 0 Å². The number of amides is 1. The van der Waals surface area contributed by atoms with Gasteiger partial charge in [-0.3, -0.25) is 4.79 Å². The normalized spacial score (nSPS) is 10.2. The maximum atomic E-state index is 12.7. The quantitative estimate of drug-likeness (QED) is 0.230. The van der Waals surface area contributed by atoms with Crippen LogP contribution >= 0.6 is 23.8 Å². The van der Waals surface area contributed by atoms with Gasteiger partial charge in [-0.25, -0.2) is 4.79 Å². The number of thiocarbonyl (C=S) groups is 1. The van der Waals surface area contributed by atoms with Crippen LogP contribution in [0.15, 0.2) is 60.7 Å². The third-order valence-electron chi connectivity index (χ3n) is 4.88. The van der Waals surface area contributed by atoms with Gasteiger partial charge in [0, 0.05) is 23.0 Å². The standard InChI is InChI=1S/C26H26ClN3O6S/c1-4-35-24(31)15-36-19-7-5-6-16(12-19)25(32)28-17-8-10-18(11-9-17)29-26(37)30-21-13-20(27)22(33-2)14-23(21)34-3/h5-14H,4,15H2,1-3H3,(H,28,32)(H2,29,30,37). The summed E-state index contributed by atoms with van der Waals surface area (Å²) in [5.74, 6) is 0.571. The number of hydrogen-bond donors (Lipinski definition) is 3. The molecule has 0 fully saturated rings. The van der Waals surface area contributed by atoms with E-state index in [9.17, 15) is 9.59 Å². The molecule has 3 N–H and O–H groups in total. The average molecular weight is 544 g/mol. The summed E-state index contributed by atoms with van der Waals surface area (Å²) in [5.41, 5.74) is 2.23. The van der Waals surface area contributed by atoms with Crippen LogP contribution in [-0.4, -0.2) is 44.4 Å². The zero-order valence-electron chi connectivity index (χ0n) is 20.4. The van der Waals surface area contributed by atoms with Gasteiger partial charge in [0.1, 0.15) is 17.2 Å². The highest BCUT2D eigenvalue weighted by Gasteiger charge is 2.12. The number of esters is 1. The summed E-state index contributed by atoms with van der Waals surface area (Å²) in [6.45, 7) is 1.75. The fraction of sp³-hybridized carbons (Fsp3) is 0.192. The fourth-order valence-electron chi connectivity index (χ4n) is 3.15. The summed E-state index contributed by atoms with van der Waals surface area (Å²) in [4.78, 5) is 24.1. The molecule has 3 rings (SSSR count). The minimum absolute atomic E-state index is 0.234. The third-order valence-corrected chi connectivity index (χ3v) is 5.38. The second-order valence-corrected chi connectivity index (χ2v) is 8.23. The predicted octanol–water partition coefficient (Wildman–Crippen LogP) is 5.36. The minimum Gasteiger partial charge on any atom is -0.495 e. The van der Waals surface area contributed by atoms with Crippen LogP contribution in [0.2, 0.25) is 5.02 Å². The van der Waals surface area contributed by atoms with Crippen molar-refractivity contribution in [2.45, 2.75) is 6.92 Å². The van der Waals surface area contributed by atoms with Crippen molar-refractivity contribution < 1.29 is 28.5 Å². The SMILES string of the molecule is CCOC(=O)COc1cccc(C(=O)Nc2ccc(NC(=S)Nc3cc(Cl)c(OC)cc3OC)cc2)c1. The Hall–Kier alpha value is -4.02. The van der Waals surface area contributed by atoms with Gasteiger partial charge in [0.25, 0.3) is 5.91 Å². The number of ether oxygens (including phenoxy) is 4. The molecule has 3 aromatic rings. The van der Waals surface area contributed by atoms with Gasteiger partial charge in [-0.05, 0) is 67.7 Å². The van der Waals surface area contributed by atoms with Crippen molar-refractivity contribution in [3.63, 3.8) is 0 Å². The summed E-state index contributed by atoms with van der Waals surface area (Å²) >= 11 is 11.6. The van der Waals surface area contributed by atoms with Crippen molar-refractivity contribution in [1.29, 1.82) is 0 Å². The molecule has 37 heavy (non-hydrogen) atoms. The molecule has 0 radical (unpaired) electrons. The summed E-state index contributed by atoms with van der Waals surface area (Å²) in [7, 11) is 3.05. The van der Waals surface area contributed by atoms with E-state index in [4.69, 9.17) is 42.8 Å². The van der Waals surface area contributed by atoms with Gasteiger partial charge in [0.15, 0.2) is 11.7 Å². The molecule has 0 aliphatic carbocycles. The Kier molecular flexibility index (Phi) is 9.93. The average Bonchev–Trinajstić information content (AvgIpc) is 2.89. The fourth-order valence-corrected chi connectivity index (χ4v) is 3.62. The van der Waals surface area contributed by atoms with E-state index in [-0.39, 0.29) is 19.1 Å². The van der Waals surface area contributed by atoms with E-state index < -0.39 is 5.97 Å². The van der Waals surface area contributed by atoms with Gasteiger partial charge in [0.05, 0.1) is 31.5 Å². The number of rotatable bonds is 10. The van der Waals surface area contributed by atoms with Crippen molar-refractivity contribution >= 4 is 57.9 Å². The highest BCUT2D eigenvalue weighted by atomic mass is 35.5. The Morgan fingerprint density at radius 3 is 2.22 bits per heavy atom. The number of nitrogens with one attached hydrogen (secondary N) is 3. The molecule has 0 aliphatic heterocycles. The monoisotopic (exact) mass is 543 g/mol. The number of methoxy groups -OCH3 is 2. The van der Waals surface area contributed by atoms with Crippen molar-refractivity contribution in [2.24, 2.45) is 0 Å². The van der Waals surface area contributed by atoms with Crippen LogP contribution in [-0.2, 0) is 9.53 Å². The lowest BCUT2D eigenvalue weighted by molar-refractivity contribution is -0.145. The number of hydrogen-bond acceptors (Lipinski definition) is 7. The van der Waals surface area contributed by atoms with Crippen molar-refractivity contribution in [1.82, 2.24) is 0 Å². The lowest BCUT2D eigenvalue weighted by Gasteiger charge is -2.15. The van der Waals surface area contributed by atoms with Crippen LogP contribution in [0.4, 0.5) is 17.1 Å². The molecule has 1 amide bonds. The predicted molar refractivity (Wildman–Crippen MR) is 147 cm³/mol. The van der Waals surface area contributed by atoms with Crippen LogP contribution in [0.5, 0.6) is 17.2 Å². The summed E-state index contributed by atoms with van der Waals surface area (Å²) < 4.78 is 20.8. The highest BCUT2D eigenvalue weighted by Crippen LogP contribution is 2.36. The number of carbonyl (C=O) groups excluding carboxylic acids is 2. The topological polar surface area (TPSA) is 107 Å². The van der Waals surface area contributed by atoms with Crippen LogP contribution < -0.4 is 30.2 Å². The van der Waals surface area contributed by atoms with Crippen LogP contribution in [0.1, 0.15) is 17.3 Å². The van der Waals surface area contributed by atoms with Crippen LogP contribution in [0, 0.1) is 0 Å². The van der Waals surface area contributed by atoms with E-state index in [0.717, 1.165) is 0 Å². The second-order valence-electron chi connectivity index (χ2n) is 7.42. The van der Waals surface area contributed by atoms with Gasteiger partial charge < -0.3 is 34.9 Å². The molecule has 0 aliphatic rings. The third kappa shape index (κ3) is 7.99. The van der Waals surface area contributed by atoms with E-state index in [1.807, 2.05) is 0 Å². The van der Waals surface area contributed by atoms with E-state index >= 15 is 0 Å². The summed E-state index contributed by atoms with van der Waals surface area (Å²) in [5, 5.41) is 9.65. The lowest BCUT2D eigenvalue weighted by atomic mass is 10.2. The molecular formula is C26H26ClN3O6S. The Balaban J connectivity index is 1.57. The molecule has 0 unspecified atom stereocenters. The van der Waals surface area contributed by atoms with E-state index in [1.165, 1.54) is 14.2 Å². The van der Waals surface area contributed by atoms with E-state index in [0.29, 0.717) is 50.0 Å². The molecule has 11 heteroatoms. The van der Waals surface area contributed by atoms with Crippen LogP contribution in [0.25, 0.3) is 0 Å². The number of benzene rings is 3. The van der Waals surface area contributed by atoms with E-state index in [2.05, 4.69) is 16.0 Å². The van der Waals surface area contributed by atoms with Gasteiger partial charge in [0.2, 0.25) is 0 Å². The Bertz CT molecular complexity index is 1270. The Morgan fingerprint density at radius 1 is 0.892 bits per heavy atom. The first-order chi connectivity index (χ1) is 17.8. The molecule has 0 saturated heterocycles. The second kappa shape index (κ2) is 13.3. The smallest absolute Gasteiger partial charge is 0.344 e. The number of carbonyl (C=O) groups is 2. The molecule has 0 atom stereocenters. The molecule has 0 spiro atoms. The summed E-state index contributed by atoms with van der Waals surface area (Å²) in [6.07, 6.45) is 0. The van der Waals surface area contributed by atoms with Crippen molar-refractivity contribution in [3.05, 3.63) is 71.2 Å². The van der Waals surface area contributed by atoms with Gasteiger partial charge in [-0.15, -0.1) is 0 Å². The van der Waals surface area contributed by atoms with Crippen molar-refractivity contribution in [2.75, 3.05) is 43.4 Å². The maximum Gasteiger partial charge on any atom is 0.344 e. The molecule has 194 valence electrons.